The van der Waals surface area contributed by atoms with Crippen molar-refractivity contribution in [1.29, 1.82) is 0 Å². The largest absolute Gasteiger partial charge is 0.402 e. The first-order valence-corrected chi connectivity index (χ1v) is 6.01. The number of fused-ring (bicyclic) bond motifs is 1. The summed E-state index contributed by atoms with van der Waals surface area (Å²) in [5, 5.41) is 0.100. The topological polar surface area (TPSA) is 63.7 Å². The highest BCUT2D eigenvalue weighted by molar-refractivity contribution is 6.20. The van der Waals surface area contributed by atoms with Crippen LogP contribution in [0.1, 0.15) is 33.6 Å². The van der Waals surface area contributed by atoms with Gasteiger partial charge >= 0.3 is 11.9 Å². The van der Waals surface area contributed by atoms with E-state index in [9.17, 15) is 23.2 Å². The number of hydrogen-bond donors (Lipinski definition) is 0. The zero-order chi connectivity index (χ0) is 14.5. The Balaban J connectivity index is 1.81. The van der Waals surface area contributed by atoms with Gasteiger partial charge in [-0.25, -0.2) is 4.79 Å². The van der Waals surface area contributed by atoms with E-state index in [2.05, 4.69) is 4.84 Å². The van der Waals surface area contributed by atoms with Gasteiger partial charge in [0.1, 0.15) is 0 Å². The van der Waals surface area contributed by atoms with E-state index in [4.69, 9.17) is 0 Å². The number of rotatable bonds is 3. The van der Waals surface area contributed by atoms with E-state index in [0.717, 1.165) is 0 Å². The molecule has 104 valence electrons. The third-order valence-corrected chi connectivity index (χ3v) is 3.29. The molecule has 0 spiro atoms. The predicted octanol–water partition coefficient (Wildman–Crippen LogP) is 1.79. The van der Waals surface area contributed by atoms with Gasteiger partial charge in [0.15, 0.2) is 0 Å². The molecule has 1 saturated carbocycles. The lowest BCUT2D eigenvalue weighted by molar-refractivity contribution is -0.199. The number of imide groups is 1. The molecule has 2 aliphatic rings. The molecule has 1 aromatic rings. The maximum absolute atomic E-state index is 13.5. The van der Waals surface area contributed by atoms with Crippen molar-refractivity contribution in [3.63, 3.8) is 0 Å². The summed E-state index contributed by atoms with van der Waals surface area (Å²) in [5.41, 5.74) is 0.0556. The van der Waals surface area contributed by atoms with Crippen LogP contribution in [-0.4, -0.2) is 28.8 Å². The van der Waals surface area contributed by atoms with Crippen LogP contribution in [0.25, 0.3) is 0 Å². The minimum Gasteiger partial charge on any atom is -0.323 e. The van der Waals surface area contributed by atoms with Crippen LogP contribution in [0.3, 0.4) is 0 Å². The van der Waals surface area contributed by atoms with Gasteiger partial charge in [-0.2, -0.15) is 8.78 Å². The van der Waals surface area contributed by atoms with Gasteiger partial charge in [-0.15, -0.1) is 0 Å². The Kier molecular flexibility index (Phi) is 2.60. The summed E-state index contributed by atoms with van der Waals surface area (Å²) in [6.07, 6.45) is 0.453. The van der Waals surface area contributed by atoms with Crippen molar-refractivity contribution < 1.29 is 28.0 Å². The highest BCUT2D eigenvalue weighted by Gasteiger charge is 2.56. The number of amides is 2. The van der Waals surface area contributed by atoms with Crippen molar-refractivity contribution in [1.82, 2.24) is 5.06 Å². The van der Waals surface area contributed by atoms with Gasteiger partial charge in [-0.05, 0) is 25.0 Å². The van der Waals surface area contributed by atoms with Crippen molar-refractivity contribution in [2.45, 2.75) is 18.8 Å². The van der Waals surface area contributed by atoms with Crippen LogP contribution in [-0.2, 0) is 9.63 Å². The summed E-state index contributed by atoms with van der Waals surface area (Å²) in [7, 11) is 0. The summed E-state index contributed by atoms with van der Waals surface area (Å²) < 4.78 is 27.0. The molecule has 7 heteroatoms. The van der Waals surface area contributed by atoms with Crippen molar-refractivity contribution >= 4 is 17.8 Å². The number of nitrogens with zero attached hydrogens (tertiary/aromatic N) is 1. The Morgan fingerprint density at radius 3 is 2.10 bits per heavy atom. The van der Waals surface area contributed by atoms with Crippen molar-refractivity contribution in [3.05, 3.63) is 35.4 Å². The van der Waals surface area contributed by atoms with Gasteiger partial charge in [0, 0.05) is 5.92 Å². The molecule has 0 aromatic heterocycles. The molecule has 1 aromatic carbocycles. The second kappa shape index (κ2) is 4.09. The molecule has 0 unspecified atom stereocenters. The SMILES string of the molecule is O=C1c2ccccc2C(=O)N1OC(=O)C(F)(F)C1CC1. The van der Waals surface area contributed by atoms with Crippen molar-refractivity contribution in [2.24, 2.45) is 5.92 Å². The smallest absolute Gasteiger partial charge is 0.323 e. The number of carbonyl (C=O) groups is 3. The number of hydrogen-bond acceptors (Lipinski definition) is 4. The van der Waals surface area contributed by atoms with Gasteiger partial charge in [-0.1, -0.05) is 17.2 Å². The standard InChI is InChI=1S/C13H9F2NO4/c14-13(15,7-5-6-7)12(19)20-16-10(17)8-3-1-2-4-9(8)11(16)18/h1-4,7H,5-6H2. The number of alkyl halides is 2. The number of hydroxylamine groups is 2. The number of halogens is 2. The monoisotopic (exact) mass is 281 g/mol. The van der Waals surface area contributed by atoms with E-state index in [0.29, 0.717) is 0 Å². The Hall–Kier alpha value is -2.31. The lowest BCUT2D eigenvalue weighted by atomic mass is 10.1. The predicted molar refractivity (Wildman–Crippen MR) is 60.7 cm³/mol. The molecule has 1 aliphatic carbocycles. The molecule has 0 N–H and O–H groups in total. The second-order valence-corrected chi connectivity index (χ2v) is 4.73. The van der Waals surface area contributed by atoms with Gasteiger partial charge < -0.3 is 4.84 Å². The minimum absolute atomic E-state index is 0.0278. The molecule has 0 saturated heterocycles. The van der Waals surface area contributed by atoms with Crippen LogP contribution in [0, 0.1) is 5.92 Å². The molecule has 0 atom stereocenters. The molecule has 3 rings (SSSR count). The fourth-order valence-electron chi connectivity index (χ4n) is 2.01. The first-order chi connectivity index (χ1) is 9.43. The molecule has 0 radical (unpaired) electrons. The van der Waals surface area contributed by atoms with Crippen molar-refractivity contribution in [2.75, 3.05) is 0 Å². The van der Waals surface area contributed by atoms with E-state index in [-0.39, 0.29) is 29.0 Å². The van der Waals surface area contributed by atoms with Crippen LogP contribution in [0.15, 0.2) is 24.3 Å². The highest BCUT2D eigenvalue weighted by atomic mass is 19.3. The van der Waals surface area contributed by atoms with Gasteiger partial charge in [-0.3, -0.25) is 9.59 Å². The zero-order valence-corrected chi connectivity index (χ0v) is 10.1. The molecular formula is C13H9F2NO4. The van der Waals surface area contributed by atoms with Gasteiger partial charge in [0.2, 0.25) is 0 Å². The third kappa shape index (κ3) is 1.77. The van der Waals surface area contributed by atoms with E-state index < -0.39 is 29.6 Å². The molecule has 1 aliphatic heterocycles. The van der Waals surface area contributed by atoms with E-state index >= 15 is 0 Å². The maximum atomic E-state index is 13.5. The molecule has 5 nitrogen and oxygen atoms in total. The quantitative estimate of drug-likeness (QED) is 0.792. The Bertz CT molecular complexity index is 590. The summed E-state index contributed by atoms with van der Waals surface area (Å²) in [6, 6.07) is 5.77. The molecule has 1 heterocycles. The molecule has 2 amide bonds. The highest BCUT2D eigenvalue weighted by Crippen LogP contribution is 2.44. The molecule has 20 heavy (non-hydrogen) atoms. The van der Waals surface area contributed by atoms with Crippen LogP contribution < -0.4 is 0 Å². The molecule has 0 bridgehead atoms. The third-order valence-electron chi connectivity index (χ3n) is 3.29. The fourth-order valence-corrected chi connectivity index (χ4v) is 2.01. The maximum Gasteiger partial charge on any atom is 0.402 e. The second-order valence-electron chi connectivity index (χ2n) is 4.73. The van der Waals surface area contributed by atoms with Crippen molar-refractivity contribution in [3.8, 4) is 0 Å². The first-order valence-electron chi connectivity index (χ1n) is 6.01. The van der Waals surface area contributed by atoms with Crippen LogP contribution in [0.2, 0.25) is 0 Å². The first kappa shape index (κ1) is 12.7. The molecular weight excluding hydrogens is 272 g/mol. The minimum atomic E-state index is -3.67. The van der Waals surface area contributed by atoms with E-state index in [1.54, 1.807) is 0 Å². The van der Waals surface area contributed by atoms with Crippen LogP contribution >= 0.6 is 0 Å². The van der Waals surface area contributed by atoms with Crippen LogP contribution in [0.5, 0.6) is 0 Å². The Morgan fingerprint density at radius 1 is 1.15 bits per heavy atom. The number of benzene rings is 1. The summed E-state index contributed by atoms with van der Waals surface area (Å²) in [6.45, 7) is 0. The summed E-state index contributed by atoms with van der Waals surface area (Å²) in [5.74, 6) is -8.43. The Morgan fingerprint density at radius 2 is 1.65 bits per heavy atom. The Labute approximate surface area is 112 Å². The number of carbonyl (C=O) groups excluding carboxylic acids is 3. The lowest BCUT2D eigenvalue weighted by Gasteiger charge is -2.17. The van der Waals surface area contributed by atoms with E-state index in [1.165, 1.54) is 24.3 Å². The average molecular weight is 281 g/mol. The summed E-state index contributed by atoms with van der Waals surface area (Å²) in [4.78, 5) is 39.4. The zero-order valence-electron chi connectivity index (χ0n) is 10.1. The average Bonchev–Trinajstić information content (AvgIpc) is 3.25. The lowest BCUT2D eigenvalue weighted by Crippen LogP contribution is -2.41. The van der Waals surface area contributed by atoms with Gasteiger partial charge in [0.25, 0.3) is 11.8 Å². The normalized spacial score (nSPS) is 18.2. The van der Waals surface area contributed by atoms with E-state index in [1.807, 2.05) is 0 Å². The van der Waals surface area contributed by atoms with Gasteiger partial charge in [0.05, 0.1) is 11.1 Å². The summed E-state index contributed by atoms with van der Waals surface area (Å²) >= 11 is 0. The van der Waals surface area contributed by atoms with Crippen LogP contribution in [0.4, 0.5) is 8.78 Å². The fraction of sp³-hybridized carbons (Fsp3) is 0.308. The molecule has 1 fully saturated rings.